The fourth-order valence-corrected chi connectivity index (χ4v) is 6.46. The van der Waals surface area contributed by atoms with Crippen LogP contribution in [0.1, 0.15) is 72.9 Å². The van der Waals surface area contributed by atoms with Crippen molar-refractivity contribution in [3.8, 4) is 25.9 Å². The number of ether oxygens (including phenoxy) is 1. The van der Waals surface area contributed by atoms with Crippen LogP contribution in [0.2, 0.25) is 0 Å². The molecule has 0 aliphatic heterocycles. The van der Waals surface area contributed by atoms with Crippen LogP contribution in [-0.2, 0) is 10.8 Å². The summed E-state index contributed by atoms with van der Waals surface area (Å²) in [6.07, 6.45) is 1.00. The fraction of sp³-hybridized carbons (Fsp3) is 0.500. The lowest BCUT2D eigenvalue weighted by molar-refractivity contribution is 0.283. The Morgan fingerprint density at radius 1 is 0.968 bits per heavy atom. The normalized spacial score (nSPS) is 12.5. The lowest BCUT2D eigenvalue weighted by atomic mass is 9.78. The summed E-state index contributed by atoms with van der Waals surface area (Å²) in [6.45, 7) is 18.6. The molecule has 31 heavy (non-hydrogen) atoms. The van der Waals surface area contributed by atoms with Crippen molar-refractivity contribution in [1.82, 2.24) is 0 Å². The summed E-state index contributed by atoms with van der Waals surface area (Å²) in [4.78, 5) is 15.8. The van der Waals surface area contributed by atoms with E-state index in [2.05, 4.69) is 79.0 Å². The van der Waals surface area contributed by atoms with Crippen molar-refractivity contribution in [2.45, 2.75) is 72.6 Å². The highest BCUT2D eigenvalue weighted by Crippen LogP contribution is 2.48. The van der Waals surface area contributed by atoms with Gasteiger partial charge in [-0.25, -0.2) is 0 Å². The first kappa shape index (κ1) is 24.2. The zero-order chi connectivity index (χ0) is 23.0. The van der Waals surface area contributed by atoms with Gasteiger partial charge >= 0.3 is 0 Å². The van der Waals surface area contributed by atoms with Crippen molar-refractivity contribution in [3.63, 3.8) is 0 Å². The second-order valence-corrected chi connectivity index (χ2v) is 13.7. The van der Waals surface area contributed by atoms with Crippen LogP contribution in [-0.4, -0.2) is 6.61 Å². The van der Waals surface area contributed by atoms with Crippen molar-refractivity contribution in [3.05, 3.63) is 49.6 Å². The number of hydrogen-bond donors (Lipinski definition) is 0. The number of thiophene rings is 1. The van der Waals surface area contributed by atoms with E-state index in [-0.39, 0.29) is 14.9 Å². The van der Waals surface area contributed by atoms with E-state index in [0.29, 0.717) is 12.5 Å². The second-order valence-electron chi connectivity index (χ2n) is 10.5. The van der Waals surface area contributed by atoms with Crippen molar-refractivity contribution in [1.29, 1.82) is 0 Å². The van der Waals surface area contributed by atoms with Crippen LogP contribution in [0, 0.1) is 5.92 Å². The third-order valence-electron chi connectivity index (χ3n) is 5.27. The summed E-state index contributed by atoms with van der Waals surface area (Å²) in [5.74, 6) is 1.52. The van der Waals surface area contributed by atoms with Crippen LogP contribution in [0.4, 0.5) is 0 Å². The molecule has 2 heterocycles. The Labute approximate surface area is 198 Å². The summed E-state index contributed by atoms with van der Waals surface area (Å²) >= 11 is 4.38. The monoisotopic (exact) mass is 474 g/mol. The quantitative estimate of drug-likeness (QED) is 0.357. The molecule has 3 aromatic rings. The molecular weight excluding hydrogens is 440 g/mol. The maximum Gasteiger partial charge on any atom is 0.288 e. The van der Waals surface area contributed by atoms with E-state index in [9.17, 15) is 4.79 Å². The summed E-state index contributed by atoms with van der Waals surface area (Å²) in [5, 5.41) is 2.07. The molecule has 0 fully saturated rings. The maximum atomic E-state index is 12.6. The Morgan fingerprint density at radius 3 is 2.19 bits per heavy atom. The fourth-order valence-electron chi connectivity index (χ4n) is 3.37. The molecule has 0 atom stereocenters. The molecule has 1 aromatic carbocycles. The molecule has 0 N–H and O–H groups in total. The van der Waals surface area contributed by atoms with Gasteiger partial charge in [0.05, 0.1) is 16.4 Å². The second kappa shape index (κ2) is 9.21. The third-order valence-corrected chi connectivity index (χ3v) is 8.51. The molecule has 5 heteroatoms. The van der Waals surface area contributed by atoms with Crippen LogP contribution in [0.25, 0.3) is 20.2 Å². The third kappa shape index (κ3) is 5.68. The molecule has 0 aliphatic rings. The van der Waals surface area contributed by atoms with Crippen molar-refractivity contribution in [2.75, 3.05) is 6.61 Å². The largest absolute Gasteiger partial charge is 0.493 e. The average molecular weight is 475 g/mol. The van der Waals surface area contributed by atoms with Crippen LogP contribution in [0.5, 0.6) is 5.75 Å². The minimum Gasteiger partial charge on any atom is -0.493 e. The zero-order valence-electron chi connectivity index (χ0n) is 19.9. The van der Waals surface area contributed by atoms with Gasteiger partial charge in [-0.2, -0.15) is 0 Å². The van der Waals surface area contributed by atoms with Gasteiger partial charge in [-0.1, -0.05) is 90.2 Å². The number of benzene rings is 1. The van der Waals surface area contributed by atoms with Crippen molar-refractivity contribution < 1.29 is 4.74 Å². The maximum absolute atomic E-state index is 12.6. The van der Waals surface area contributed by atoms with E-state index < -0.39 is 0 Å². The smallest absolute Gasteiger partial charge is 0.288 e. The highest BCUT2D eigenvalue weighted by molar-refractivity contribution is 7.33. The molecule has 2 nitrogen and oxygen atoms in total. The minimum atomic E-state index is -0.0761. The van der Waals surface area contributed by atoms with Crippen LogP contribution in [0.15, 0.2) is 34.4 Å². The number of hydrogen-bond acceptors (Lipinski definition) is 5. The van der Waals surface area contributed by atoms with E-state index in [4.69, 9.17) is 4.74 Å². The van der Waals surface area contributed by atoms with Gasteiger partial charge in [-0.15, -0.1) is 11.3 Å². The Kier molecular flexibility index (Phi) is 7.19. The first-order valence-electron chi connectivity index (χ1n) is 10.9. The molecule has 0 amide bonds. The Balaban J connectivity index is 2.31. The molecule has 168 valence electrons. The predicted molar refractivity (Wildman–Crippen MR) is 140 cm³/mol. The average Bonchev–Trinajstić information content (AvgIpc) is 3.28. The standard InChI is InChI=1S/C26H34O2S3/c1-16(2)11-12-28-21-18(14-17(25(3,4)5)15-19(21)26(6,7)8)22-23(31-24(27)30-22)20-10-9-13-29-20/h9-10,13-16H,11-12H2,1-8H3. The van der Waals surface area contributed by atoms with Gasteiger partial charge in [0.2, 0.25) is 0 Å². The molecule has 0 bridgehead atoms. The lowest BCUT2D eigenvalue weighted by Gasteiger charge is -2.29. The van der Waals surface area contributed by atoms with E-state index in [0.717, 1.165) is 32.4 Å². The molecule has 0 saturated carbocycles. The minimum absolute atomic E-state index is 0.00467. The molecule has 0 unspecified atom stereocenters. The van der Waals surface area contributed by atoms with Gasteiger partial charge in [0, 0.05) is 16.0 Å². The topological polar surface area (TPSA) is 26.3 Å². The van der Waals surface area contributed by atoms with Crippen molar-refractivity contribution in [2.24, 2.45) is 5.92 Å². The van der Waals surface area contributed by atoms with Crippen LogP contribution < -0.4 is 8.79 Å². The van der Waals surface area contributed by atoms with Crippen LogP contribution in [0.3, 0.4) is 0 Å². The van der Waals surface area contributed by atoms with Gasteiger partial charge < -0.3 is 4.74 Å². The van der Waals surface area contributed by atoms with E-state index >= 15 is 0 Å². The van der Waals surface area contributed by atoms with Gasteiger partial charge in [0.1, 0.15) is 5.75 Å². The number of rotatable bonds is 6. The Morgan fingerprint density at radius 2 is 1.65 bits per heavy atom. The molecule has 0 spiro atoms. The van der Waals surface area contributed by atoms with Gasteiger partial charge in [-0.3, -0.25) is 4.79 Å². The molecule has 2 aromatic heterocycles. The SMILES string of the molecule is CC(C)CCOc1c(-c2sc(=O)sc2-c2cccs2)cc(C(C)(C)C)cc1C(C)(C)C. The summed E-state index contributed by atoms with van der Waals surface area (Å²) in [6, 6.07) is 8.72. The zero-order valence-corrected chi connectivity index (χ0v) is 22.4. The van der Waals surface area contributed by atoms with E-state index in [1.807, 2.05) is 6.07 Å². The highest BCUT2D eigenvalue weighted by atomic mass is 32.2. The lowest BCUT2D eigenvalue weighted by Crippen LogP contribution is -2.19. The first-order valence-corrected chi connectivity index (χ1v) is 13.4. The van der Waals surface area contributed by atoms with E-state index in [1.54, 1.807) is 11.3 Å². The molecule has 0 radical (unpaired) electrons. The Bertz CT molecular complexity index is 1070. The summed E-state index contributed by atoms with van der Waals surface area (Å²) in [7, 11) is 0. The Hall–Kier alpha value is -1.43. The van der Waals surface area contributed by atoms with Gasteiger partial charge in [0.25, 0.3) is 4.06 Å². The van der Waals surface area contributed by atoms with Gasteiger partial charge in [0.15, 0.2) is 0 Å². The molecule has 0 aliphatic carbocycles. The first-order chi connectivity index (χ1) is 14.4. The highest BCUT2D eigenvalue weighted by Gasteiger charge is 2.28. The molecule has 3 rings (SSSR count). The van der Waals surface area contributed by atoms with Crippen molar-refractivity contribution >= 4 is 34.0 Å². The summed E-state index contributed by atoms with van der Waals surface area (Å²) in [5.41, 5.74) is 3.46. The molecular formula is C26H34O2S3. The van der Waals surface area contributed by atoms with Gasteiger partial charge in [-0.05, 0) is 46.2 Å². The van der Waals surface area contributed by atoms with E-state index in [1.165, 1.54) is 33.8 Å². The predicted octanol–water partition coefficient (Wildman–Crippen LogP) is 8.59. The molecule has 0 saturated heterocycles. The van der Waals surface area contributed by atoms with Crippen LogP contribution >= 0.6 is 34.0 Å². The summed E-state index contributed by atoms with van der Waals surface area (Å²) < 4.78 is 6.65.